The van der Waals surface area contributed by atoms with E-state index < -0.39 is 5.91 Å². The molecule has 0 bridgehead atoms. The van der Waals surface area contributed by atoms with Crippen LogP contribution >= 0.6 is 11.3 Å². The van der Waals surface area contributed by atoms with Crippen LogP contribution in [-0.4, -0.2) is 30.5 Å². The largest absolute Gasteiger partial charge is 0.457 e. The first kappa shape index (κ1) is 17.3. The number of aromatic nitrogens is 5. The number of amides is 1. The van der Waals surface area contributed by atoms with Gasteiger partial charge < -0.3 is 4.74 Å². The second kappa shape index (κ2) is 6.95. The maximum absolute atomic E-state index is 12.5. The number of para-hydroxylation sites is 1. The summed E-state index contributed by atoms with van der Waals surface area (Å²) in [6, 6.07) is 16.9. The topological polar surface area (TPSA) is 94.3 Å². The van der Waals surface area contributed by atoms with Crippen LogP contribution in [0.5, 0.6) is 11.5 Å². The second-order valence-corrected chi connectivity index (χ2v) is 7.28. The summed E-state index contributed by atoms with van der Waals surface area (Å²) in [5.41, 5.74) is 1.61. The van der Waals surface area contributed by atoms with Gasteiger partial charge >= 0.3 is 0 Å². The fourth-order valence-corrected chi connectivity index (χ4v) is 3.69. The molecule has 0 unspecified atom stereocenters. The molecule has 1 N–H and O–H groups in total. The summed E-state index contributed by atoms with van der Waals surface area (Å²) in [5, 5.41) is 7.43. The number of fused-ring (bicyclic) bond motifs is 2. The summed E-state index contributed by atoms with van der Waals surface area (Å²) in [4.78, 5) is 25.3. The number of aryl methyl sites for hydroxylation is 1. The van der Waals surface area contributed by atoms with Crippen molar-refractivity contribution >= 4 is 38.4 Å². The summed E-state index contributed by atoms with van der Waals surface area (Å²) >= 11 is 1.35. The highest BCUT2D eigenvalue weighted by Gasteiger charge is 2.16. The van der Waals surface area contributed by atoms with E-state index >= 15 is 0 Å². The summed E-state index contributed by atoms with van der Waals surface area (Å²) in [7, 11) is 0. The zero-order chi connectivity index (χ0) is 19.8. The molecule has 0 atom stereocenters. The molecule has 0 fully saturated rings. The number of rotatable bonds is 4. The van der Waals surface area contributed by atoms with Gasteiger partial charge in [0.05, 0.1) is 10.2 Å². The first-order valence-corrected chi connectivity index (χ1v) is 9.60. The van der Waals surface area contributed by atoms with E-state index in [1.807, 2.05) is 55.5 Å². The lowest BCUT2D eigenvalue weighted by molar-refractivity contribution is 0.101. The molecule has 0 aliphatic rings. The van der Waals surface area contributed by atoms with Gasteiger partial charge in [-0.1, -0.05) is 29.5 Å². The number of anilines is 1. The molecule has 0 aliphatic carbocycles. The molecule has 0 radical (unpaired) electrons. The Hall–Kier alpha value is -3.85. The van der Waals surface area contributed by atoms with Gasteiger partial charge in [0, 0.05) is 18.0 Å². The van der Waals surface area contributed by atoms with Crippen LogP contribution in [0.25, 0.3) is 16.0 Å². The predicted octanol–water partition coefficient (Wildman–Crippen LogP) is 4.09. The van der Waals surface area contributed by atoms with Crippen LogP contribution < -0.4 is 10.1 Å². The Kier molecular flexibility index (Phi) is 4.14. The Bertz CT molecular complexity index is 1350. The monoisotopic (exact) mass is 402 g/mol. The number of carbonyl (C=O) groups is 1. The van der Waals surface area contributed by atoms with Crippen molar-refractivity contribution in [2.24, 2.45) is 0 Å². The molecule has 3 heterocycles. The molecule has 0 saturated carbocycles. The van der Waals surface area contributed by atoms with Crippen molar-refractivity contribution in [1.82, 2.24) is 24.6 Å². The number of hydrogen-bond donors (Lipinski definition) is 1. The third kappa shape index (κ3) is 3.39. The van der Waals surface area contributed by atoms with Crippen LogP contribution in [0.15, 0.2) is 60.8 Å². The number of nitrogens with one attached hydrogen (secondary N) is 1. The van der Waals surface area contributed by atoms with E-state index in [4.69, 9.17) is 4.74 Å². The molecular formula is C20H14N6O2S. The Morgan fingerprint density at radius 1 is 1.07 bits per heavy atom. The minimum absolute atomic E-state index is 0.0409. The number of hydrogen-bond acceptors (Lipinski definition) is 7. The van der Waals surface area contributed by atoms with Gasteiger partial charge in [0.25, 0.3) is 11.7 Å². The lowest BCUT2D eigenvalue weighted by atomic mass is 10.3. The van der Waals surface area contributed by atoms with Gasteiger partial charge in [-0.3, -0.25) is 10.1 Å². The number of ether oxygens (including phenoxy) is 1. The minimum Gasteiger partial charge on any atom is -0.457 e. The molecule has 0 saturated heterocycles. The van der Waals surface area contributed by atoms with Gasteiger partial charge in [0.2, 0.25) is 5.82 Å². The van der Waals surface area contributed by atoms with Crippen LogP contribution in [-0.2, 0) is 0 Å². The Morgan fingerprint density at radius 3 is 2.76 bits per heavy atom. The van der Waals surface area contributed by atoms with E-state index in [-0.39, 0.29) is 5.82 Å². The molecule has 29 heavy (non-hydrogen) atoms. The van der Waals surface area contributed by atoms with Gasteiger partial charge in [-0.05, 0) is 37.3 Å². The summed E-state index contributed by atoms with van der Waals surface area (Å²) in [6.07, 6.45) is 1.63. The average molecular weight is 402 g/mol. The number of nitrogens with zero attached hydrogens (tertiary/aromatic N) is 5. The Morgan fingerprint density at radius 2 is 1.93 bits per heavy atom. The number of benzene rings is 2. The third-order valence-corrected chi connectivity index (χ3v) is 5.13. The highest BCUT2D eigenvalue weighted by atomic mass is 32.1. The first-order chi connectivity index (χ1) is 14.2. The van der Waals surface area contributed by atoms with E-state index in [0.29, 0.717) is 16.7 Å². The molecule has 0 aliphatic heterocycles. The summed E-state index contributed by atoms with van der Waals surface area (Å²) < 4.78 is 8.28. The standard InChI is InChI=1S/C20H14N6O2S/c1-12-9-10-21-19-23-17(25-26(12)19)18(27)24-20-22-15-8-7-14(11-16(15)29-20)28-13-5-3-2-4-6-13/h2-11H,1H3,(H,22,24,27). The lowest BCUT2D eigenvalue weighted by Gasteiger charge is -2.04. The highest BCUT2D eigenvalue weighted by Crippen LogP contribution is 2.31. The van der Waals surface area contributed by atoms with E-state index in [1.54, 1.807) is 12.3 Å². The van der Waals surface area contributed by atoms with Crippen LogP contribution in [0.4, 0.5) is 5.13 Å². The summed E-state index contributed by atoms with van der Waals surface area (Å²) in [5.74, 6) is 1.44. The van der Waals surface area contributed by atoms with Gasteiger partial charge in [-0.25, -0.2) is 14.5 Å². The zero-order valence-electron chi connectivity index (χ0n) is 15.2. The van der Waals surface area contributed by atoms with Crippen LogP contribution in [0.3, 0.4) is 0 Å². The molecule has 5 rings (SSSR count). The fraction of sp³-hybridized carbons (Fsp3) is 0.0500. The van der Waals surface area contributed by atoms with Crippen LogP contribution in [0.1, 0.15) is 16.3 Å². The van der Waals surface area contributed by atoms with Gasteiger partial charge in [-0.2, -0.15) is 4.98 Å². The van der Waals surface area contributed by atoms with E-state index in [0.717, 1.165) is 21.7 Å². The molecule has 0 spiro atoms. The fourth-order valence-electron chi connectivity index (χ4n) is 2.80. The Balaban J connectivity index is 1.38. The number of thiazole rings is 1. The van der Waals surface area contributed by atoms with Crippen molar-refractivity contribution in [3.63, 3.8) is 0 Å². The quantitative estimate of drug-likeness (QED) is 0.487. The number of carbonyl (C=O) groups excluding carboxylic acids is 1. The van der Waals surface area contributed by atoms with E-state index in [1.165, 1.54) is 15.9 Å². The van der Waals surface area contributed by atoms with E-state index in [9.17, 15) is 4.79 Å². The maximum atomic E-state index is 12.5. The van der Waals surface area contributed by atoms with Crippen molar-refractivity contribution < 1.29 is 9.53 Å². The zero-order valence-corrected chi connectivity index (χ0v) is 16.1. The van der Waals surface area contributed by atoms with Crippen molar-refractivity contribution in [3.8, 4) is 11.5 Å². The van der Waals surface area contributed by atoms with E-state index in [2.05, 4.69) is 25.4 Å². The molecular weight excluding hydrogens is 388 g/mol. The van der Waals surface area contributed by atoms with Crippen molar-refractivity contribution in [2.75, 3.05) is 5.32 Å². The average Bonchev–Trinajstić information content (AvgIpc) is 3.33. The van der Waals surface area contributed by atoms with Crippen molar-refractivity contribution in [1.29, 1.82) is 0 Å². The molecule has 9 heteroatoms. The highest BCUT2D eigenvalue weighted by molar-refractivity contribution is 7.22. The molecule has 1 amide bonds. The molecule has 8 nitrogen and oxygen atoms in total. The van der Waals surface area contributed by atoms with Crippen molar-refractivity contribution in [2.45, 2.75) is 6.92 Å². The Labute approximate surface area is 168 Å². The molecule has 5 aromatic rings. The van der Waals surface area contributed by atoms with Gasteiger partial charge in [-0.15, -0.1) is 5.10 Å². The predicted molar refractivity (Wildman–Crippen MR) is 110 cm³/mol. The second-order valence-electron chi connectivity index (χ2n) is 6.25. The van der Waals surface area contributed by atoms with Crippen molar-refractivity contribution in [3.05, 3.63) is 72.3 Å². The maximum Gasteiger partial charge on any atom is 0.297 e. The van der Waals surface area contributed by atoms with Gasteiger partial charge in [0.1, 0.15) is 11.5 Å². The molecule has 142 valence electrons. The molecule has 3 aromatic heterocycles. The SMILES string of the molecule is Cc1ccnc2nc(C(=O)Nc3nc4ccc(Oc5ccccc5)cc4s3)nn12. The first-order valence-electron chi connectivity index (χ1n) is 8.79. The van der Waals surface area contributed by atoms with Crippen LogP contribution in [0, 0.1) is 6.92 Å². The minimum atomic E-state index is -0.435. The normalized spacial score (nSPS) is 11.1. The van der Waals surface area contributed by atoms with Gasteiger partial charge in [0.15, 0.2) is 5.13 Å². The lowest BCUT2D eigenvalue weighted by Crippen LogP contribution is -2.13. The smallest absolute Gasteiger partial charge is 0.297 e. The van der Waals surface area contributed by atoms with Crippen LogP contribution in [0.2, 0.25) is 0 Å². The molecule has 2 aromatic carbocycles. The third-order valence-electron chi connectivity index (χ3n) is 4.19. The summed E-state index contributed by atoms with van der Waals surface area (Å²) in [6.45, 7) is 1.87.